The van der Waals surface area contributed by atoms with E-state index in [4.69, 9.17) is 11.6 Å². The van der Waals surface area contributed by atoms with Crippen LogP contribution in [-0.2, 0) is 0 Å². The minimum absolute atomic E-state index is 0.460. The second-order valence-corrected chi connectivity index (χ2v) is 5.74. The van der Waals surface area contributed by atoms with Crippen LogP contribution in [0.25, 0.3) is 0 Å². The van der Waals surface area contributed by atoms with Crippen molar-refractivity contribution in [1.29, 1.82) is 0 Å². The van der Waals surface area contributed by atoms with Gasteiger partial charge in [0, 0.05) is 19.1 Å². The van der Waals surface area contributed by atoms with E-state index >= 15 is 0 Å². The molecule has 2 rings (SSSR count). The molecule has 4 nitrogen and oxygen atoms in total. The van der Waals surface area contributed by atoms with Crippen molar-refractivity contribution in [2.45, 2.75) is 39.7 Å². The number of likely N-dealkylation sites (N-methyl/N-ethyl adjacent to an activating group) is 1. The van der Waals surface area contributed by atoms with Gasteiger partial charge in [-0.05, 0) is 40.3 Å². The smallest absolute Gasteiger partial charge is 0.171 e. The van der Waals surface area contributed by atoms with Gasteiger partial charge < -0.3 is 9.80 Å². The first kappa shape index (κ1) is 14.5. The molecule has 1 aliphatic heterocycles. The molecule has 0 spiro atoms. The monoisotopic (exact) mass is 282 g/mol. The van der Waals surface area contributed by atoms with Crippen molar-refractivity contribution in [2.24, 2.45) is 0 Å². The maximum Gasteiger partial charge on any atom is 0.171 e. The minimum atomic E-state index is 0.460. The third-order valence-corrected chi connectivity index (χ3v) is 4.15. The highest BCUT2D eigenvalue weighted by molar-refractivity contribution is 6.31. The summed E-state index contributed by atoms with van der Waals surface area (Å²) in [4.78, 5) is 13.8. The van der Waals surface area contributed by atoms with Crippen LogP contribution < -0.4 is 4.90 Å². The summed E-state index contributed by atoms with van der Waals surface area (Å²) in [7, 11) is 2.18. The largest absolute Gasteiger partial charge is 0.350 e. The zero-order chi connectivity index (χ0) is 14.0. The second kappa shape index (κ2) is 6.06. The van der Waals surface area contributed by atoms with Gasteiger partial charge in [0.1, 0.15) is 0 Å². The van der Waals surface area contributed by atoms with Crippen LogP contribution in [0, 0.1) is 13.8 Å². The quantitative estimate of drug-likeness (QED) is 0.835. The zero-order valence-corrected chi connectivity index (χ0v) is 13.0. The SMILES string of the molecule is CCC1CN(C)CCCN1c1nc(C)c(C)nc1Cl. The van der Waals surface area contributed by atoms with Gasteiger partial charge in [0.25, 0.3) is 0 Å². The van der Waals surface area contributed by atoms with Gasteiger partial charge in [-0.15, -0.1) is 0 Å². The molecule has 1 atom stereocenters. The number of hydrogen-bond donors (Lipinski definition) is 0. The summed E-state index contributed by atoms with van der Waals surface area (Å²) in [5.41, 5.74) is 1.88. The van der Waals surface area contributed by atoms with Crippen LogP contribution >= 0.6 is 11.6 Å². The summed E-state index contributed by atoms with van der Waals surface area (Å²) in [5, 5.41) is 0.533. The topological polar surface area (TPSA) is 32.3 Å². The van der Waals surface area contributed by atoms with Crippen molar-refractivity contribution < 1.29 is 0 Å². The maximum absolute atomic E-state index is 6.32. The molecule has 0 bridgehead atoms. The number of halogens is 1. The molecule has 0 amide bonds. The molecule has 1 fully saturated rings. The molecule has 0 N–H and O–H groups in total. The van der Waals surface area contributed by atoms with E-state index in [0.717, 1.165) is 49.7 Å². The first-order valence-electron chi connectivity index (χ1n) is 6.98. The molecule has 5 heteroatoms. The summed E-state index contributed by atoms with van der Waals surface area (Å²) in [6.45, 7) is 9.35. The number of anilines is 1. The van der Waals surface area contributed by atoms with E-state index in [1.807, 2.05) is 13.8 Å². The average molecular weight is 283 g/mol. The number of hydrogen-bond acceptors (Lipinski definition) is 4. The van der Waals surface area contributed by atoms with Gasteiger partial charge in [-0.1, -0.05) is 18.5 Å². The molecule has 1 saturated heterocycles. The number of aromatic nitrogens is 2. The lowest BCUT2D eigenvalue weighted by molar-refractivity contribution is 0.327. The second-order valence-electron chi connectivity index (χ2n) is 5.38. The van der Waals surface area contributed by atoms with Gasteiger partial charge in [0.15, 0.2) is 11.0 Å². The third kappa shape index (κ3) is 3.18. The molecule has 1 unspecified atom stereocenters. The molecule has 0 aliphatic carbocycles. The normalized spacial score (nSPS) is 21.5. The van der Waals surface area contributed by atoms with Crippen molar-refractivity contribution >= 4 is 17.4 Å². The highest BCUT2D eigenvalue weighted by Gasteiger charge is 2.25. The van der Waals surface area contributed by atoms with Gasteiger partial charge in [-0.3, -0.25) is 0 Å². The first-order valence-corrected chi connectivity index (χ1v) is 7.36. The fraction of sp³-hybridized carbons (Fsp3) is 0.714. The lowest BCUT2D eigenvalue weighted by Gasteiger charge is -2.31. The summed E-state index contributed by atoms with van der Waals surface area (Å²) < 4.78 is 0. The molecule has 1 aromatic rings. The molecule has 0 radical (unpaired) electrons. The molecule has 1 aromatic heterocycles. The van der Waals surface area contributed by atoms with Crippen LogP contribution in [0.3, 0.4) is 0 Å². The van der Waals surface area contributed by atoms with E-state index in [9.17, 15) is 0 Å². The molecule has 2 heterocycles. The summed E-state index contributed by atoms with van der Waals surface area (Å²) in [6, 6.07) is 0.460. The molecule has 19 heavy (non-hydrogen) atoms. The van der Waals surface area contributed by atoms with Gasteiger partial charge in [0.2, 0.25) is 0 Å². The summed E-state index contributed by atoms with van der Waals surface area (Å²) in [6.07, 6.45) is 2.23. The predicted molar refractivity (Wildman–Crippen MR) is 80.1 cm³/mol. The van der Waals surface area contributed by atoms with Crippen LogP contribution in [0.1, 0.15) is 31.2 Å². The Morgan fingerprint density at radius 2 is 1.89 bits per heavy atom. The Kier molecular flexibility index (Phi) is 4.63. The van der Waals surface area contributed by atoms with Crippen molar-refractivity contribution in [3.63, 3.8) is 0 Å². The zero-order valence-electron chi connectivity index (χ0n) is 12.3. The Bertz CT molecular complexity index is 449. The Hall–Kier alpha value is -0.870. The van der Waals surface area contributed by atoms with E-state index in [1.54, 1.807) is 0 Å². The number of rotatable bonds is 2. The highest BCUT2D eigenvalue weighted by Crippen LogP contribution is 2.27. The Morgan fingerprint density at radius 1 is 1.21 bits per heavy atom. The maximum atomic E-state index is 6.32. The van der Waals surface area contributed by atoms with Gasteiger partial charge >= 0.3 is 0 Å². The fourth-order valence-electron chi connectivity index (χ4n) is 2.62. The van der Waals surface area contributed by atoms with E-state index in [-0.39, 0.29) is 0 Å². The van der Waals surface area contributed by atoms with E-state index < -0.39 is 0 Å². The van der Waals surface area contributed by atoms with Crippen LogP contribution in [-0.4, -0.2) is 47.6 Å². The van der Waals surface area contributed by atoms with Crippen LogP contribution in [0.15, 0.2) is 0 Å². The minimum Gasteiger partial charge on any atom is -0.350 e. The molecular weight excluding hydrogens is 260 g/mol. The Labute approximate surface area is 120 Å². The third-order valence-electron chi connectivity index (χ3n) is 3.89. The van der Waals surface area contributed by atoms with E-state index in [0.29, 0.717) is 11.2 Å². The Balaban J connectivity index is 2.35. The predicted octanol–water partition coefficient (Wildman–Crippen LogP) is 2.67. The standard InChI is InChI=1S/C14H23ClN4/c1-5-12-9-18(4)7-6-8-19(12)14-13(15)16-10(2)11(3)17-14/h12H,5-9H2,1-4H3. The lowest BCUT2D eigenvalue weighted by atomic mass is 10.2. The van der Waals surface area contributed by atoms with E-state index in [2.05, 4.69) is 33.7 Å². The molecule has 106 valence electrons. The van der Waals surface area contributed by atoms with Crippen LogP contribution in [0.5, 0.6) is 0 Å². The van der Waals surface area contributed by atoms with Crippen LogP contribution in [0.4, 0.5) is 5.82 Å². The van der Waals surface area contributed by atoms with Crippen molar-refractivity contribution in [3.8, 4) is 0 Å². The summed E-state index contributed by atoms with van der Waals surface area (Å²) in [5.74, 6) is 0.854. The van der Waals surface area contributed by atoms with Crippen molar-refractivity contribution in [2.75, 3.05) is 31.6 Å². The lowest BCUT2D eigenvalue weighted by Crippen LogP contribution is -2.40. The van der Waals surface area contributed by atoms with Crippen LogP contribution in [0.2, 0.25) is 5.15 Å². The first-order chi connectivity index (χ1) is 9.02. The molecule has 0 aromatic carbocycles. The van der Waals surface area contributed by atoms with Crippen molar-refractivity contribution in [3.05, 3.63) is 16.5 Å². The molecular formula is C14H23ClN4. The van der Waals surface area contributed by atoms with Gasteiger partial charge in [-0.2, -0.15) is 0 Å². The summed E-state index contributed by atoms with van der Waals surface area (Å²) >= 11 is 6.32. The van der Waals surface area contributed by atoms with Gasteiger partial charge in [0.05, 0.1) is 11.4 Å². The van der Waals surface area contributed by atoms with Gasteiger partial charge in [-0.25, -0.2) is 9.97 Å². The van der Waals surface area contributed by atoms with Crippen molar-refractivity contribution in [1.82, 2.24) is 14.9 Å². The Morgan fingerprint density at radius 3 is 2.58 bits per heavy atom. The molecule has 1 aliphatic rings. The van der Waals surface area contributed by atoms with E-state index in [1.165, 1.54) is 0 Å². The number of nitrogens with zero attached hydrogens (tertiary/aromatic N) is 4. The average Bonchev–Trinajstić information content (AvgIpc) is 2.55. The highest BCUT2D eigenvalue weighted by atomic mass is 35.5. The number of aryl methyl sites for hydroxylation is 2. The fourth-order valence-corrected chi connectivity index (χ4v) is 2.90. The molecule has 0 saturated carbocycles.